The van der Waals surface area contributed by atoms with Crippen molar-refractivity contribution in [2.24, 2.45) is 4.99 Å². The molecule has 3 aliphatic heterocycles. The summed E-state index contributed by atoms with van der Waals surface area (Å²) in [5.41, 5.74) is 1.85. The highest BCUT2D eigenvalue weighted by molar-refractivity contribution is 14.0. The normalized spacial score (nSPS) is 20.6. The molecule has 176 valence electrons. The van der Waals surface area contributed by atoms with Gasteiger partial charge in [0.1, 0.15) is 5.60 Å². The summed E-state index contributed by atoms with van der Waals surface area (Å²) in [6.07, 6.45) is 1.38. The predicted molar refractivity (Wildman–Crippen MR) is 134 cm³/mol. The molecule has 1 unspecified atom stereocenters. The summed E-state index contributed by atoms with van der Waals surface area (Å²) >= 11 is 0. The van der Waals surface area contributed by atoms with Gasteiger partial charge in [0.05, 0.1) is 12.6 Å². The maximum absolute atomic E-state index is 12.4. The molecule has 2 fully saturated rings. The van der Waals surface area contributed by atoms with Gasteiger partial charge >= 0.3 is 6.09 Å². The molecule has 0 radical (unpaired) electrons. The van der Waals surface area contributed by atoms with Crippen LogP contribution < -0.4 is 5.32 Å². The van der Waals surface area contributed by atoms with Crippen LogP contribution in [0.4, 0.5) is 4.79 Å². The smallest absolute Gasteiger partial charge is 0.410 e. The quantitative estimate of drug-likeness (QED) is 0.579. The van der Waals surface area contributed by atoms with Gasteiger partial charge in [0.15, 0.2) is 5.96 Å². The Kier molecular flexibility index (Phi) is 7.89. The minimum atomic E-state index is -0.482. The fourth-order valence-electron chi connectivity index (χ4n) is 4.33. The van der Waals surface area contributed by atoms with Crippen LogP contribution in [0.2, 0.25) is 0 Å². The van der Waals surface area contributed by atoms with E-state index >= 15 is 0 Å². The lowest BCUT2D eigenvalue weighted by atomic mass is 10.1. The third-order valence-corrected chi connectivity index (χ3v) is 5.85. The zero-order valence-corrected chi connectivity index (χ0v) is 21.5. The molecule has 3 heterocycles. The Morgan fingerprint density at radius 3 is 2.72 bits per heavy atom. The minimum absolute atomic E-state index is 0. The highest BCUT2D eigenvalue weighted by Gasteiger charge is 2.36. The second-order valence-corrected chi connectivity index (χ2v) is 9.53. The van der Waals surface area contributed by atoms with Crippen LogP contribution in [0.25, 0.3) is 0 Å². The third kappa shape index (κ3) is 6.05. The van der Waals surface area contributed by atoms with E-state index in [1.54, 1.807) is 4.90 Å². The Labute approximate surface area is 207 Å². The standard InChI is InChI=1S/C23H33N5O3.HI/c1-23(2,3)31-22(30)27-10-11-28-19(16-27)14-25-21(28)24-13-17-6-4-7-18(12-17)15-26-9-5-8-20(26)29;/h4,6-7,12,19H,5,8-11,13-16H2,1-3H3,(H,24,25);1H. The molecule has 2 saturated heterocycles. The molecular formula is C23H34IN5O3. The number of guanidine groups is 1. The van der Waals surface area contributed by atoms with Crippen LogP contribution >= 0.6 is 24.0 Å². The molecule has 1 aromatic carbocycles. The topological polar surface area (TPSA) is 77.5 Å². The largest absolute Gasteiger partial charge is 0.444 e. The van der Waals surface area contributed by atoms with Gasteiger partial charge in [-0.15, -0.1) is 24.0 Å². The number of nitrogens with zero attached hydrogens (tertiary/aromatic N) is 4. The number of likely N-dealkylation sites (tertiary alicyclic amines) is 1. The number of amides is 2. The van der Waals surface area contributed by atoms with Gasteiger partial charge in [-0.05, 0) is 38.3 Å². The van der Waals surface area contributed by atoms with Gasteiger partial charge in [0.2, 0.25) is 5.91 Å². The molecule has 0 aromatic heterocycles. The molecule has 0 saturated carbocycles. The van der Waals surface area contributed by atoms with Crippen LogP contribution in [-0.4, -0.2) is 77.0 Å². The monoisotopic (exact) mass is 555 g/mol. The predicted octanol–water partition coefficient (Wildman–Crippen LogP) is 2.81. The number of piperazine rings is 1. The first-order valence-electron chi connectivity index (χ1n) is 11.2. The lowest BCUT2D eigenvalue weighted by Crippen LogP contribution is -2.57. The zero-order chi connectivity index (χ0) is 22.0. The molecule has 8 nitrogen and oxygen atoms in total. The number of rotatable bonds is 4. The molecule has 1 N–H and O–H groups in total. The maximum atomic E-state index is 12.4. The number of fused-ring (bicyclic) bond motifs is 1. The summed E-state index contributed by atoms with van der Waals surface area (Å²) in [6.45, 7) is 10.6. The molecule has 2 amide bonds. The van der Waals surface area contributed by atoms with E-state index in [9.17, 15) is 9.59 Å². The van der Waals surface area contributed by atoms with Crippen molar-refractivity contribution in [3.05, 3.63) is 35.4 Å². The van der Waals surface area contributed by atoms with E-state index in [1.807, 2.05) is 31.7 Å². The zero-order valence-electron chi connectivity index (χ0n) is 19.2. The van der Waals surface area contributed by atoms with Gasteiger partial charge in [-0.25, -0.2) is 4.79 Å². The number of carbonyl (C=O) groups excluding carboxylic acids is 2. The van der Waals surface area contributed by atoms with Crippen molar-refractivity contribution < 1.29 is 14.3 Å². The van der Waals surface area contributed by atoms with Crippen molar-refractivity contribution >= 4 is 41.9 Å². The Hall–Kier alpha value is -2.04. The molecule has 1 aromatic rings. The van der Waals surface area contributed by atoms with Gasteiger partial charge < -0.3 is 24.8 Å². The van der Waals surface area contributed by atoms with Crippen LogP contribution in [0.3, 0.4) is 0 Å². The number of carbonyl (C=O) groups is 2. The second kappa shape index (κ2) is 10.3. The summed E-state index contributed by atoms with van der Waals surface area (Å²) in [6, 6.07) is 8.57. The van der Waals surface area contributed by atoms with Crippen LogP contribution in [0.1, 0.15) is 44.7 Å². The summed E-state index contributed by atoms with van der Waals surface area (Å²) in [4.78, 5) is 34.9. The Balaban J connectivity index is 0.00000289. The molecule has 0 spiro atoms. The molecule has 9 heteroatoms. The number of hydrogen-bond donors (Lipinski definition) is 1. The highest BCUT2D eigenvalue weighted by atomic mass is 127. The first kappa shape index (κ1) is 24.6. The van der Waals surface area contributed by atoms with Crippen molar-refractivity contribution in [2.45, 2.75) is 58.3 Å². The van der Waals surface area contributed by atoms with Crippen molar-refractivity contribution in [3.8, 4) is 0 Å². The number of nitrogens with one attached hydrogen (secondary N) is 1. The van der Waals surface area contributed by atoms with Gasteiger partial charge in [0, 0.05) is 45.7 Å². The van der Waals surface area contributed by atoms with Crippen LogP contribution in [0.15, 0.2) is 29.3 Å². The molecule has 0 aliphatic carbocycles. The van der Waals surface area contributed by atoms with Crippen molar-refractivity contribution in [3.63, 3.8) is 0 Å². The van der Waals surface area contributed by atoms with Gasteiger partial charge in [-0.2, -0.15) is 0 Å². The summed E-state index contributed by atoms with van der Waals surface area (Å²) in [7, 11) is 0. The number of benzene rings is 1. The van der Waals surface area contributed by atoms with Gasteiger partial charge in [-0.1, -0.05) is 24.3 Å². The lowest BCUT2D eigenvalue weighted by molar-refractivity contribution is -0.128. The Morgan fingerprint density at radius 1 is 1.22 bits per heavy atom. The summed E-state index contributed by atoms with van der Waals surface area (Å²) < 4.78 is 5.51. The van der Waals surface area contributed by atoms with E-state index in [-0.39, 0.29) is 42.0 Å². The van der Waals surface area contributed by atoms with Gasteiger partial charge in [-0.3, -0.25) is 9.79 Å². The third-order valence-electron chi connectivity index (χ3n) is 5.85. The second-order valence-electron chi connectivity index (χ2n) is 9.53. The molecular weight excluding hydrogens is 521 g/mol. The minimum Gasteiger partial charge on any atom is -0.444 e. The first-order chi connectivity index (χ1) is 14.8. The van der Waals surface area contributed by atoms with Crippen LogP contribution in [0, 0.1) is 0 Å². The van der Waals surface area contributed by atoms with Gasteiger partial charge in [0.25, 0.3) is 0 Å². The Morgan fingerprint density at radius 2 is 2.00 bits per heavy atom. The summed E-state index contributed by atoms with van der Waals surface area (Å²) in [5.74, 6) is 1.15. The van der Waals surface area contributed by atoms with E-state index in [2.05, 4.69) is 33.4 Å². The molecule has 32 heavy (non-hydrogen) atoms. The number of halogens is 1. The lowest BCUT2D eigenvalue weighted by Gasteiger charge is -2.39. The molecule has 1 atom stereocenters. The number of aliphatic imine (C=N–C) groups is 1. The average Bonchev–Trinajstić information content (AvgIpc) is 3.31. The van der Waals surface area contributed by atoms with E-state index in [0.717, 1.165) is 31.0 Å². The number of hydrogen-bond acceptors (Lipinski definition) is 6. The highest BCUT2D eigenvalue weighted by Crippen LogP contribution is 2.19. The van der Waals surface area contributed by atoms with Crippen LogP contribution in [0.5, 0.6) is 0 Å². The van der Waals surface area contributed by atoms with Crippen LogP contribution in [-0.2, 0) is 22.6 Å². The number of ether oxygens (including phenoxy) is 1. The first-order valence-corrected chi connectivity index (χ1v) is 11.2. The van der Waals surface area contributed by atoms with Crippen molar-refractivity contribution in [1.29, 1.82) is 0 Å². The summed E-state index contributed by atoms with van der Waals surface area (Å²) in [5, 5.41) is 3.47. The van der Waals surface area contributed by atoms with E-state index < -0.39 is 5.60 Å². The van der Waals surface area contributed by atoms with Crippen molar-refractivity contribution in [1.82, 2.24) is 20.0 Å². The molecule has 0 bridgehead atoms. The average molecular weight is 555 g/mol. The fourth-order valence-corrected chi connectivity index (χ4v) is 4.33. The molecule has 4 rings (SSSR count). The van der Waals surface area contributed by atoms with E-state index in [0.29, 0.717) is 39.1 Å². The fraction of sp³-hybridized carbons (Fsp3) is 0.609. The van der Waals surface area contributed by atoms with E-state index in [4.69, 9.17) is 4.74 Å². The maximum Gasteiger partial charge on any atom is 0.410 e. The van der Waals surface area contributed by atoms with Crippen molar-refractivity contribution in [2.75, 3.05) is 32.7 Å². The van der Waals surface area contributed by atoms with E-state index in [1.165, 1.54) is 5.56 Å². The Bertz CT molecular complexity index is 869. The molecule has 3 aliphatic rings. The SMILES string of the molecule is CC(C)(C)OC(=O)N1CCN2C(NCc3cccc(CN4CCCC4=O)c3)=NCC2C1.I.